The molecule has 0 saturated heterocycles. The maximum absolute atomic E-state index is 12.7. The minimum Gasteiger partial charge on any atom is -0.294 e. The Labute approximate surface area is 118 Å². The number of carbonyl (C=O) groups excluding carboxylic acids is 1. The van der Waals surface area contributed by atoms with Gasteiger partial charge in [0.1, 0.15) is 0 Å². The molecule has 4 nitrogen and oxygen atoms in total. The second-order valence-corrected chi connectivity index (χ2v) is 5.08. The number of alkyl halides is 3. The van der Waals surface area contributed by atoms with Crippen LogP contribution in [0.15, 0.2) is 41.1 Å². The molecule has 0 bridgehead atoms. The number of nitrogens with zero attached hydrogens (tertiary/aromatic N) is 1. The molecule has 2 N–H and O–H groups in total. The molecule has 2 atom stereocenters. The molecule has 0 amide bonds. The summed E-state index contributed by atoms with van der Waals surface area (Å²) in [5.41, 5.74) is 3.88. The van der Waals surface area contributed by atoms with E-state index in [2.05, 4.69) is 10.5 Å². The predicted molar refractivity (Wildman–Crippen MR) is 69.5 cm³/mol. The van der Waals surface area contributed by atoms with Crippen LogP contribution in [0.2, 0.25) is 0 Å². The van der Waals surface area contributed by atoms with E-state index in [-0.39, 0.29) is 23.4 Å². The van der Waals surface area contributed by atoms with E-state index in [0.717, 1.165) is 11.6 Å². The van der Waals surface area contributed by atoms with Crippen molar-refractivity contribution in [2.75, 3.05) is 0 Å². The van der Waals surface area contributed by atoms with Gasteiger partial charge < -0.3 is 0 Å². The van der Waals surface area contributed by atoms with Crippen LogP contribution in [0.3, 0.4) is 0 Å². The third kappa shape index (κ3) is 2.50. The minimum absolute atomic E-state index is 0.0108. The van der Waals surface area contributed by atoms with E-state index in [9.17, 15) is 18.0 Å². The van der Waals surface area contributed by atoms with Gasteiger partial charge in [0.15, 0.2) is 11.5 Å². The molecule has 1 aliphatic heterocycles. The number of Topliss-reactive ketones (excluding diaryl/α,β-unsaturated/α-hetero) is 1. The van der Waals surface area contributed by atoms with E-state index >= 15 is 0 Å². The summed E-state index contributed by atoms with van der Waals surface area (Å²) in [6.45, 7) is 1.56. The van der Waals surface area contributed by atoms with Gasteiger partial charge in [0, 0.05) is 25.0 Å². The number of nitrogens with one attached hydrogen (secondary N) is 2. The molecule has 1 aliphatic carbocycles. The van der Waals surface area contributed by atoms with Crippen molar-refractivity contribution in [3.8, 4) is 0 Å². The average Bonchev–Trinajstić information content (AvgIpc) is 2.93. The van der Waals surface area contributed by atoms with E-state index in [1.165, 1.54) is 0 Å². The van der Waals surface area contributed by atoms with Crippen molar-refractivity contribution in [1.29, 1.82) is 0 Å². The summed E-state index contributed by atoms with van der Waals surface area (Å²) in [4.78, 5) is 11.9. The summed E-state index contributed by atoms with van der Waals surface area (Å²) in [7, 11) is 0. The first kappa shape index (κ1) is 14.0. The fourth-order valence-corrected chi connectivity index (χ4v) is 2.56. The van der Waals surface area contributed by atoms with E-state index in [1.54, 1.807) is 31.2 Å². The molecule has 110 valence electrons. The molecule has 2 unspecified atom stereocenters. The number of allylic oxidation sites excluding steroid dienone is 2. The lowest BCUT2D eigenvalue weighted by molar-refractivity contribution is -0.916. The topological polar surface area (TPSA) is 45.9 Å². The Morgan fingerprint density at radius 2 is 2.05 bits per heavy atom. The van der Waals surface area contributed by atoms with Crippen LogP contribution in [0.5, 0.6) is 0 Å². The molecule has 3 rings (SSSR count). The average molecular weight is 296 g/mol. The van der Waals surface area contributed by atoms with E-state index < -0.39 is 11.9 Å². The number of ketones is 1. The first-order valence-corrected chi connectivity index (χ1v) is 6.46. The van der Waals surface area contributed by atoms with Crippen molar-refractivity contribution in [2.24, 2.45) is 5.10 Å². The first-order valence-electron chi connectivity index (χ1n) is 6.46. The van der Waals surface area contributed by atoms with Crippen molar-refractivity contribution in [1.82, 2.24) is 5.43 Å². The van der Waals surface area contributed by atoms with Crippen molar-refractivity contribution < 1.29 is 23.1 Å². The molecule has 2 aliphatic rings. The molecule has 0 saturated carbocycles. The monoisotopic (exact) mass is 296 g/mol. The second kappa shape index (κ2) is 4.78. The minimum atomic E-state index is -4.46. The van der Waals surface area contributed by atoms with Crippen molar-refractivity contribution in [3.63, 3.8) is 0 Å². The van der Waals surface area contributed by atoms with Gasteiger partial charge in [-0.3, -0.25) is 4.79 Å². The zero-order chi connectivity index (χ0) is 15.2. The number of quaternary nitrogens is 1. The molecule has 0 aromatic heterocycles. The summed E-state index contributed by atoms with van der Waals surface area (Å²) < 4.78 is 38.0. The van der Waals surface area contributed by atoms with Gasteiger partial charge in [0.25, 0.3) is 0 Å². The fourth-order valence-electron chi connectivity index (χ4n) is 2.56. The van der Waals surface area contributed by atoms with Crippen molar-refractivity contribution in [3.05, 3.63) is 47.2 Å². The van der Waals surface area contributed by atoms with Gasteiger partial charge in [-0.2, -0.15) is 13.2 Å². The number of fused-ring (bicyclic) bond motifs is 1. The Balaban J connectivity index is 1.82. The highest BCUT2D eigenvalue weighted by Gasteiger charge is 2.42. The third-order valence-electron chi connectivity index (χ3n) is 3.59. The molecular weight excluding hydrogens is 283 g/mol. The smallest absolute Gasteiger partial charge is 0.294 e. The number of hydrogen-bond acceptors (Lipinski definition) is 3. The van der Waals surface area contributed by atoms with Gasteiger partial charge in [0.05, 0.1) is 6.04 Å². The number of benzene rings is 1. The van der Waals surface area contributed by atoms with Crippen LogP contribution >= 0.6 is 0 Å². The van der Waals surface area contributed by atoms with Crippen LogP contribution in [0.1, 0.15) is 35.3 Å². The molecule has 0 spiro atoms. The quantitative estimate of drug-likeness (QED) is 0.869. The second-order valence-electron chi connectivity index (χ2n) is 5.08. The van der Waals surface area contributed by atoms with Crippen molar-refractivity contribution in [2.45, 2.75) is 25.6 Å². The van der Waals surface area contributed by atoms with Gasteiger partial charge in [-0.25, -0.2) is 0 Å². The lowest BCUT2D eigenvalue weighted by Crippen LogP contribution is -3.11. The largest absolute Gasteiger partial charge is 0.438 e. The molecular formula is C14H13F3N3O+. The van der Waals surface area contributed by atoms with E-state index in [1.807, 2.05) is 0 Å². The van der Waals surface area contributed by atoms with Crippen LogP contribution in [-0.2, 0) is 0 Å². The lowest BCUT2D eigenvalue weighted by Gasteiger charge is -2.16. The zero-order valence-corrected chi connectivity index (χ0v) is 11.2. The van der Waals surface area contributed by atoms with Crippen LogP contribution in [0.25, 0.3) is 0 Å². The molecule has 21 heavy (non-hydrogen) atoms. The van der Waals surface area contributed by atoms with E-state index in [4.69, 9.17) is 0 Å². The number of hydrogen-bond donors (Lipinski definition) is 2. The number of carbonyl (C=O) groups is 1. The van der Waals surface area contributed by atoms with Crippen LogP contribution in [0.4, 0.5) is 13.2 Å². The summed E-state index contributed by atoms with van der Waals surface area (Å²) in [5.74, 6) is -0.0108. The number of halogens is 3. The molecule has 0 fully saturated rings. The Morgan fingerprint density at radius 3 is 2.71 bits per heavy atom. The van der Waals surface area contributed by atoms with Gasteiger partial charge in [-0.05, 0) is 5.56 Å². The lowest BCUT2D eigenvalue weighted by atomic mass is 10.1. The van der Waals surface area contributed by atoms with Gasteiger partial charge in [0.2, 0.25) is 5.71 Å². The first-order chi connectivity index (χ1) is 9.86. The third-order valence-corrected chi connectivity index (χ3v) is 3.59. The SMILES string of the molecule is CC1=CC(C(F)(F)F)=N[NH+]1NC1CC(=O)c2ccccc21. The Morgan fingerprint density at radius 1 is 1.33 bits per heavy atom. The zero-order valence-electron chi connectivity index (χ0n) is 11.2. The molecule has 7 heteroatoms. The highest BCUT2D eigenvalue weighted by Crippen LogP contribution is 2.30. The Bertz CT molecular complexity index is 664. The summed E-state index contributed by atoms with van der Waals surface area (Å²) >= 11 is 0. The fraction of sp³-hybridized carbons (Fsp3) is 0.286. The Kier molecular flexibility index (Phi) is 3.18. The van der Waals surface area contributed by atoms with Gasteiger partial charge in [-0.1, -0.05) is 29.4 Å². The molecule has 1 aromatic rings. The highest BCUT2D eigenvalue weighted by molar-refractivity contribution is 6.01. The number of rotatable bonds is 2. The standard InChI is InChI=1S/C14H12F3N3O/c1-8-6-13(14(15,16)17)19-20(8)18-11-7-12(21)10-5-3-2-4-9(10)11/h2-6,11,18H,7H2,1H3/p+1. The highest BCUT2D eigenvalue weighted by atomic mass is 19.4. The summed E-state index contributed by atoms with van der Waals surface area (Å²) in [6, 6.07) is 6.78. The van der Waals surface area contributed by atoms with Gasteiger partial charge >= 0.3 is 6.18 Å². The van der Waals surface area contributed by atoms with Crippen LogP contribution in [-0.4, -0.2) is 17.7 Å². The molecule has 1 heterocycles. The predicted octanol–water partition coefficient (Wildman–Crippen LogP) is 1.54. The maximum Gasteiger partial charge on any atom is 0.438 e. The summed E-state index contributed by atoms with van der Waals surface area (Å²) in [5, 5.41) is 3.77. The molecule has 1 aromatic carbocycles. The normalized spacial score (nSPS) is 24.9. The van der Waals surface area contributed by atoms with Crippen molar-refractivity contribution >= 4 is 11.5 Å². The molecule has 0 radical (unpaired) electrons. The van der Waals surface area contributed by atoms with Crippen LogP contribution in [0, 0.1) is 0 Å². The Hall–Kier alpha value is -1.99. The summed E-state index contributed by atoms with van der Waals surface area (Å²) in [6.07, 6.45) is -3.23. The maximum atomic E-state index is 12.7. The van der Waals surface area contributed by atoms with E-state index in [0.29, 0.717) is 11.3 Å². The van der Waals surface area contributed by atoms with Gasteiger partial charge in [-0.15, -0.1) is 10.5 Å². The van der Waals surface area contributed by atoms with Crippen LogP contribution < -0.4 is 10.5 Å².